The number of aryl methyl sites for hydroxylation is 1. The van der Waals surface area contributed by atoms with E-state index in [1.165, 1.54) is 0 Å². The van der Waals surface area contributed by atoms with E-state index in [0.717, 1.165) is 12.9 Å². The third-order valence-corrected chi connectivity index (χ3v) is 3.26. The highest BCUT2D eigenvalue weighted by Gasteiger charge is 2.15. The zero-order valence-electron chi connectivity index (χ0n) is 9.47. The maximum Gasteiger partial charge on any atom is 0.322 e. The summed E-state index contributed by atoms with van der Waals surface area (Å²) in [5.74, 6) is -0.620. The van der Waals surface area contributed by atoms with Crippen molar-refractivity contribution in [1.82, 2.24) is 14.7 Å². The number of H-pyrrole nitrogens is 1. The predicted molar refractivity (Wildman–Crippen MR) is 60.7 cm³/mol. The lowest BCUT2D eigenvalue weighted by Gasteiger charge is -2.04. The molecule has 2 N–H and O–H groups in total. The molecule has 0 fully saturated rings. The van der Waals surface area contributed by atoms with Gasteiger partial charge in [-0.15, -0.1) is 0 Å². The minimum atomic E-state index is -3.59. The number of aromatic amines is 1. The molecule has 0 aromatic carbocycles. The van der Waals surface area contributed by atoms with Gasteiger partial charge in [-0.1, -0.05) is 0 Å². The highest BCUT2D eigenvalue weighted by molar-refractivity contribution is 7.90. The molecule has 0 radical (unpaired) electrons. The van der Waals surface area contributed by atoms with E-state index in [1.807, 2.05) is 0 Å². The molecule has 0 unspecified atom stereocenters. The van der Waals surface area contributed by atoms with E-state index < -0.39 is 21.7 Å². The van der Waals surface area contributed by atoms with Gasteiger partial charge in [-0.05, 0) is 6.42 Å². The lowest BCUT2D eigenvalue weighted by atomic mass is 10.3. The fraction of sp³-hybridized carbons (Fsp3) is 0.556. The van der Waals surface area contributed by atoms with Crippen molar-refractivity contribution in [3.8, 4) is 0 Å². The van der Waals surface area contributed by atoms with Gasteiger partial charge in [0.05, 0.1) is 7.11 Å². The van der Waals surface area contributed by atoms with Gasteiger partial charge in [-0.2, -0.15) is 0 Å². The first kappa shape index (κ1) is 13.7. The molecule has 1 heterocycles. The summed E-state index contributed by atoms with van der Waals surface area (Å²) in [4.78, 5) is 17.7. The second-order valence-electron chi connectivity index (χ2n) is 3.37. The SMILES string of the molecule is COC(=O)CS(=O)(=O)NCCCc1ncc[nH]1. The number of methoxy groups -OCH3 is 1. The number of sulfonamides is 1. The van der Waals surface area contributed by atoms with Crippen LogP contribution in [0.1, 0.15) is 12.2 Å². The first-order valence-electron chi connectivity index (χ1n) is 5.06. The third-order valence-electron chi connectivity index (χ3n) is 2.00. The van der Waals surface area contributed by atoms with Gasteiger partial charge in [0.15, 0.2) is 5.75 Å². The fourth-order valence-electron chi connectivity index (χ4n) is 1.18. The maximum atomic E-state index is 11.3. The Kier molecular flexibility index (Phi) is 5.11. The summed E-state index contributed by atoms with van der Waals surface area (Å²) in [6, 6.07) is 0. The normalized spacial score (nSPS) is 11.4. The summed E-state index contributed by atoms with van der Waals surface area (Å²) in [5, 5.41) is 0. The molecule has 1 aromatic rings. The minimum Gasteiger partial charge on any atom is -0.468 e. The van der Waals surface area contributed by atoms with Crippen molar-refractivity contribution < 1.29 is 17.9 Å². The van der Waals surface area contributed by atoms with E-state index in [4.69, 9.17) is 0 Å². The van der Waals surface area contributed by atoms with E-state index in [-0.39, 0.29) is 6.54 Å². The quantitative estimate of drug-likeness (QED) is 0.506. The van der Waals surface area contributed by atoms with Crippen molar-refractivity contribution >= 4 is 16.0 Å². The topological polar surface area (TPSA) is 101 Å². The Morgan fingerprint density at radius 1 is 1.59 bits per heavy atom. The molecule has 1 aromatic heterocycles. The van der Waals surface area contributed by atoms with Gasteiger partial charge < -0.3 is 9.72 Å². The smallest absolute Gasteiger partial charge is 0.322 e. The molecular formula is C9H15N3O4S. The molecule has 0 saturated carbocycles. The van der Waals surface area contributed by atoms with Crippen molar-refractivity contribution in [3.63, 3.8) is 0 Å². The molecule has 0 bridgehead atoms. The number of carbonyl (C=O) groups is 1. The van der Waals surface area contributed by atoms with E-state index in [9.17, 15) is 13.2 Å². The summed E-state index contributed by atoms with van der Waals surface area (Å²) >= 11 is 0. The molecule has 0 saturated heterocycles. The molecule has 0 amide bonds. The monoisotopic (exact) mass is 261 g/mol. The largest absolute Gasteiger partial charge is 0.468 e. The Balaban J connectivity index is 2.23. The summed E-state index contributed by atoms with van der Waals surface area (Å²) in [6.07, 6.45) is 4.59. The molecule has 8 heteroatoms. The highest BCUT2D eigenvalue weighted by Crippen LogP contribution is 1.94. The maximum absolute atomic E-state index is 11.3. The minimum absolute atomic E-state index is 0.264. The molecule has 96 valence electrons. The second-order valence-corrected chi connectivity index (χ2v) is 5.18. The van der Waals surface area contributed by atoms with Crippen LogP contribution in [0, 0.1) is 0 Å². The third kappa shape index (κ3) is 5.45. The van der Waals surface area contributed by atoms with Crippen LogP contribution in [0.15, 0.2) is 12.4 Å². The van der Waals surface area contributed by atoms with Crippen LogP contribution in [0.25, 0.3) is 0 Å². The number of aromatic nitrogens is 2. The summed E-state index contributed by atoms with van der Waals surface area (Å²) in [6.45, 7) is 0.264. The zero-order chi connectivity index (χ0) is 12.7. The summed E-state index contributed by atoms with van der Waals surface area (Å²) < 4.78 is 29.2. The molecular weight excluding hydrogens is 246 g/mol. The number of rotatable bonds is 7. The molecule has 0 atom stereocenters. The van der Waals surface area contributed by atoms with Gasteiger partial charge in [0.2, 0.25) is 10.0 Å². The van der Waals surface area contributed by atoms with E-state index >= 15 is 0 Å². The molecule has 17 heavy (non-hydrogen) atoms. The number of nitrogens with one attached hydrogen (secondary N) is 2. The molecule has 0 aliphatic rings. The van der Waals surface area contributed by atoms with Gasteiger partial charge in [0.25, 0.3) is 0 Å². The van der Waals surface area contributed by atoms with Crippen LogP contribution in [-0.4, -0.2) is 43.8 Å². The first-order chi connectivity index (χ1) is 8.03. The fourth-order valence-corrected chi connectivity index (χ4v) is 2.17. The van der Waals surface area contributed by atoms with Crippen molar-refractivity contribution in [1.29, 1.82) is 0 Å². The van der Waals surface area contributed by atoms with Crippen LogP contribution in [0.4, 0.5) is 0 Å². The van der Waals surface area contributed by atoms with E-state index in [2.05, 4.69) is 19.4 Å². The summed E-state index contributed by atoms with van der Waals surface area (Å²) in [5.41, 5.74) is 0. The van der Waals surface area contributed by atoms with Crippen molar-refractivity contribution in [2.75, 3.05) is 19.4 Å². The van der Waals surface area contributed by atoms with Crippen LogP contribution in [-0.2, 0) is 26.0 Å². The average Bonchev–Trinajstić information content (AvgIpc) is 2.76. The van der Waals surface area contributed by atoms with E-state index in [0.29, 0.717) is 12.8 Å². The van der Waals surface area contributed by atoms with Gasteiger partial charge in [0.1, 0.15) is 5.82 Å². The molecule has 7 nitrogen and oxygen atoms in total. The second kappa shape index (κ2) is 6.36. The molecule has 0 aliphatic carbocycles. The van der Waals surface area contributed by atoms with Crippen LogP contribution < -0.4 is 4.72 Å². The van der Waals surface area contributed by atoms with Crippen molar-refractivity contribution in [2.45, 2.75) is 12.8 Å². The number of imidazole rings is 1. The number of nitrogens with zero attached hydrogens (tertiary/aromatic N) is 1. The number of hydrogen-bond acceptors (Lipinski definition) is 5. The average molecular weight is 261 g/mol. The van der Waals surface area contributed by atoms with Gasteiger partial charge in [0, 0.05) is 25.4 Å². The van der Waals surface area contributed by atoms with Crippen LogP contribution in [0.5, 0.6) is 0 Å². The van der Waals surface area contributed by atoms with Crippen LogP contribution in [0.3, 0.4) is 0 Å². The van der Waals surface area contributed by atoms with Crippen molar-refractivity contribution in [2.24, 2.45) is 0 Å². The lowest BCUT2D eigenvalue weighted by molar-refractivity contribution is -0.137. The Bertz CT molecular complexity index is 441. The predicted octanol–water partition coefficient (Wildman–Crippen LogP) is -0.565. The van der Waals surface area contributed by atoms with Gasteiger partial charge in [-0.25, -0.2) is 18.1 Å². The Morgan fingerprint density at radius 3 is 2.94 bits per heavy atom. The molecule has 0 aliphatic heterocycles. The number of ether oxygens (including phenoxy) is 1. The Morgan fingerprint density at radius 2 is 2.35 bits per heavy atom. The summed E-state index contributed by atoms with van der Waals surface area (Å²) in [7, 11) is -2.44. The lowest BCUT2D eigenvalue weighted by Crippen LogP contribution is -2.31. The highest BCUT2D eigenvalue weighted by atomic mass is 32.2. The van der Waals surface area contributed by atoms with Gasteiger partial charge >= 0.3 is 5.97 Å². The number of esters is 1. The van der Waals surface area contributed by atoms with Crippen molar-refractivity contribution in [3.05, 3.63) is 18.2 Å². The first-order valence-corrected chi connectivity index (χ1v) is 6.71. The standard InChI is InChI=1S/C9H15N3O4S/c1-16-9(13)7-17(14,15)12-4-2-3-8-10-5-6-11-8/h5-6,12H,2-4,7H2,1H3,(H,10,11). The van der Waals surface area contributed by atoms with Crippen LogP contribution >= 0.6 is 0 Å². The van der Waals surface area contributed by atoms with Gasteiger partial charge in [-0.3, -0.25) is 4.79 Å². The van der Waals surface area contributed by atoms with E-state index in [1.54, 1.807) is 12.4 Å². The molecule has 1 rings (SSSR count). The Labute approximate surface area is 99.6 Å². The van der Waals surface area contributed by atoms with Crippen LogP contribution in [0.2, 0.25) is 0 Å². The zero-order valence-corrected chi connectivity index (χ0v) is 10.3. The number of carbonyl (C=O) groups excluding carboxylic acids is 1. The number of hydrogen-bond donors (Lipinski definition) is 2. The Hall–Kier alpha value is -1.41. The molecule has 0 spiro atoms.